The van der Waals surface area contributed by atoms with E-state index in [9.17, 15) is 19.2 Å². The maximum absolute atomic E-state index is 13.1. The van der Waals surface area contributed by atoms with Gasteiger partial charge in [-0.1, -0.05) is 59.6 Å². The third-order valence-electron chi connectivity index (χ3n) is 11.4. The summed E-state index contributed by atoms with van der Waals surface area (Å²) in [6.07, 6.45) is 11.5. The van der Waals surface area contributed by atoms with E-state index in [1.165, 1.54) is 7.11 Å². The van der Waals surface area contributed by atoms with E-state index >= 15 is 0 Å². The van der Waals surface area contributed by atoms with Crippen molar-refractivity contribution in [3.05, 3.63) is 23.3 Å². The molecule has 6 nitrogen and oxygen atoms in total. The van der Waals surface area contributed by atoms with E-state index in [4.69, 9.17) is 10.5 Å². The number of primary amides is 1. The van der Waals surface area contributed by atoms with E-state index in [1.807, 2.05) is 13.8 Å². The molecule has 0 unspecified atom stereocenters. The molecule has 1 amide bonds. The van der Waals surface area contributed by atoms with Crippen LogP contribution in [0.2, 0.25) is 0 Å². The smallest absolute Gasteiger partial charge is 0.311 e. The Bertz CT molecular complexity index is 1100. The highest BCUT2D eigenvalue weighted by Gasteiger charge is 2.59. The molecule has 6 heteroatoms. The fraction of sp³-hybridized carbons (Fsp3) is 0.758. The number of ketones is 2. The molecule has 0 aliphatic heterocycles. The molecular weight excluding hydrogens is 490 g/mol. The molecule has 0 aromatic heterocycles. The van der Waals surface area contributed by atoms with Crippen LogP contribution in [0, 0.1) is 38.9 Å². The van der Waals surface area contributed by atoms with Crippen LogP contribution >= 0.6 is 0 Å². The van der Waals surface area contributed by atoms with Crippen LogP contribution in [0.3, 0.4) is 0 Å². The number of hydrogen-bond donors (Lipinski definition) is 1. The lowest BCUT2D eigenvalue weighted by molar-refractivity contribution is -0.154. The standard InChI is InChI=1S/C33H51NO5/c1-21(35)19-25-32(7)20-23(27(34)37)26(36)22(2)24(32)11-14-33(25,8)31(6)13-10-12-29(3,4)15-16-30(5,17-18-31)28(38)39-9/h19-20,22,24H,10-18H2,1-9H3,(H2,34,37)/b25-19-/t22-,24-,30-,31-,32-,33+/m0/s1. The van der Waals surface area contributed by atoms with E-state index in [0.29, 0.717) is 6.42 Å². The van der Waals surface area contributed by atoms with Gasteiger partial charge in [0.15, 0.2) is 11.6 Å². The summed E-state index contributed by atoms with van der Waals surface area (Å²) in [7, 11) is 1.47. The molecule has 0 bridgehead atoms. The number of carbonyl (C=O) groups excluding carboxylic acids is 4. The summed E-state index contributed by atoms with van der Waals surface area (Å²) in [6, 6.07) is 0. The fourth-order valence-electron chi connectivity index (χ4n) is 8.26. The van der Waals surface area contributed by atoms with Gasteiger partial charge in [0.2, 0.25) is 0 Å². The highest BCUT2D eigenvalue weighted by molar-refractivity contribution is 6.20. The van der Waals surface area contributed by atoms with Crippen LogP contribution in [0.15, 0.2) is 23.3 Å². The number of amides is 1. The van der Waals surface area contributed by atoms with Crippen molar-refractivity contribution in [2.75, 3.05) is 7.11 Å². The zero-order valence-electron chi connectivity index (χ0n) is 25.8. The van der Waals surface area contributed by atoms with Gasteiger partial charge in [-0.05, 0) is 93.5 Å². The summed E-state index contributed by atoms with van der Waals surface area (Å²) in [5.41, 5.74) is 5.00. The maximum Gasteiger partial charge on any atom is 0.311 e. The minimum absolute atomic E-state index is 0.0193. The average molecular weight is 542 g/mol. The number of ether oxygens (including phenoxy) is 1. The molecule has 218 valence electrons. The quantitative estimate of drug-likeness (QED) is 0.248. The van der Waals surface area contributed by atoms with Crippen LogP contribution in [0.4, 0.5) is 0 Å². The van der Waals surface area contributed by atoms with Gasteiger partial charge in [-0.3, -0.25) is 19.2 Å². The number of allylic oxidation sites excluding steroid dienone is 3. The Morgan fingerprint density at radius 1 is 0.949 bits per heavy atom. The Kier molecular flexibility index (Phi) is 8.53. The van der Waals surface area contributed by atoms with Crippen LogP contribution in [0.25, 0.3) is 0 Å². The summed E-state index contributed by atoms with van der Waals surface area (Å²) in [5.74, 6) is -1.48. The molecule has 0 saturated heterocycles. The normalized spacial score (nSPS) is 40.3. The molecule has 0 heterocycles. The third kappa shape index (κ3) is 5.54. The van der Waals surface area contributed by atoms with Gasteiger partial charge >= 0.3 is 5.97 Å². The molecule has 2 N–H and O–H groups in total. The van der Waals surface area contributed by atoms with Gasteiger partial charge in [0.1, 0.15) is 0 Å². The van der Waals surface area contributed by atoms with E-state index in [1.54, 1.807) is 19.1 Å². The molecule has 0 aromatic rings. The van der Waals surface area contributed by atoms with Crippen LogP contribution in [0.1, 0.15) is 113 Å². The molecule has 0 aromatic carbocycles. The lowest BCUT2D eigenvalue weighted by Gasteiger charge is -2.60. The van der Waals surface area contributed by atoms with Crippen LogP contribution < -0.4 is 5.73 Å². The van der Waals surface area contributed by atoms with E-state index in [0.717, 1.165) is 56.9 Å². The number of hydrogen-bond acceptors (Lipinski definition) is 5. The Labute approximate surface area is 235 Å². The van der Waals surface area contributed by atoms with Crippen molar-refractivity contribution in [3.8, 4) is 0 Å². The second-order valence-electron chi connectivity index (χ2n) is 14.6. The van der Waals surface area contributed by atoms with Crippen molar-refractivity contribution >= 4 is 23.4 Å². The predicted molar refractivity (Wildman–Crippen MR) is 153 cm³/mol. The van der Waals surface area contributed by atoms with Gasteiger partial charge in [-0.25, -0.2) is 0 Å². The monoisotopic (exact) mass is 541 g/mol. The number of fused-ring (bicyclic) bond motifs is 1. The molecule has 2 saturated carbocycles. The number of rotatable bonds is 4. The van der Waals surface area contributed by atoms with Gasteiger partial charge in [0.25, 0.3) is 5.91 Å². The van der Waals surface area contributed by atoms with Crippen molar-refractivity contribution in [3.63, 3.8) is 0 Å². The first kappa shape index (κ1) is 31.3. The highest BCUT2D eigenvalue weighted by Crippen LogP contribution is 2.66. The predicted octanol–water partition coefficient (Wildman–Crippen LogP) is 6.51. The minimum Gasteiger partial charge on any atom is -0.469 e. The van der Waals surface area contributed by atoms with E-state index < -0.39 is 16.7 Å². The fourth-order valence-corrected chi connectivity index (χ4v) is 8.26. The van der Waals surface area contributed by atoms with Crippen molar-refractivity contribution < 1.29 is 23.9 Å². The highest BCUT2D eigenvalue weighted by atomic mass is 16.5. The average Bonchev–Trinajstić information content (AvgIpc) is 2.85. The SMILES string of the molecule is COC(=O)[C@@]1(C)CCC(C)(C)CCC[C@](C)([C@]2(C)CC[C@H]3[C@H](C)C(=O)C(C(N)=O)=C[C@]3(C)/C2=C/C(C)=O)CC1. The van der Waals surface area contributed by atoms with Gasteiger partial charge in [-0.15, -0.1) is 0 Å². The number of esters is 1. The molecule has 3 aliphatic carbocycles. The van der Waals surface area contributed by atoms with Gasteiger partial charge < -0.3 is 10.5 Å². The first-order chi connectivity index (χ1) is 17.9. The Morgan fingerprint density at radius 3 is 2.13 bits per heavy atom. The van der Waals surface area contributed by atoms with E-state index in [2.05, 4.69) is 34.6 Å². The first-order valence-corrected chi connectivity index (χ1v) is 14.7. The molecule has 0 radical (unpaired) electrons. The molecule has 3 aliphatic rings. The van der Waals surface area contributed by atoms with Crippen molar-refractivity contribution in [2.24, 2.45) is 44.6 Å². The zero-order chi connectivity index (χ0) is 29.6. The number of Topliss-reactive ketones (excluding diaryl/α,β-unsaturated/α-hetero) is 1. The van der Waals surface area contributed by atoms with Gasteiger partial charge in [0, 0.05) is 11.3 Å². The lowest BCUT2D eigenvalue weighted by atomic mass is 9.43. The topological polar surface area (TPSA) is 104 Å². The summed E-state index contributed by atoms with van der Waals surface area (Å²) >= 11 is 0. The van der Waals surface area contributed by atoms with Gasteiger partial charge in [-0.2, -0.15) is 0 Å². The largest absolute Gasteiger partial charge is 0.469 e. The summed E-state index contributed by atoms with van der Waals surface area (Å²) < 4.78 is 5.31. The van der Waals surface area contributed by atoms with Crippen molar-refractivity contribution in [1.82, 2.24) is 0 Å². The summed E-state index contributed by atoms with van der Waals surface area (Å²) in [5, 5.41) is 0. The summed E-state index contributed by atoms with van der Waals surface area (Å²) in [6.45, 7) is 16.8. The van der Waals surface area contributed by atoms with Crippen LogP contribution in [0.5, 0.6) is 0 Å². The molecule has 6 atom stereocenters. The Balaban J connectivity index is 2.20. The second kappa shape index (κ2) is 10.6. The number of nitrogens with two attached hydrogens (primary N) is 1. The number of carbonyl (C=O) groups is 4. The number of methoxy groups -OCH3 is 1. The van der Waals surface area contributed by atoms with Crippen molar-refractivity contribution in [1.29, 1.82) is 0 Å². The Hall–Kier alpha value is -2.24. The molecule has 2 fully saturated rings. The van der Waals surface area contributed by atoms with Crippen molar-refractivity contribution in [2.45, 2.75) is 113 Å². The first-order valence-electron chi connectivity index (χ1n) is 14.7. The minimum atomic E-state index is -0.707. The molecule has 39 heavy (non-hydrogen) atoms. The maximum atomic E-state index is 13.1. The second-order valence-corrected chi connectivity index (χ2v) is 14.6. The summed E-state index contributed by atoms with van der Waals surface area (Å²) in [4.78, 5) is 51.3. The Morgan fingerprint density at radius 2 is 1.56 bits per heavy atom. The molecule has 0 spiro atoms. The van der Waals surface area contributed by atoms with Crippen LogP contribution in [-0.4, -0.2) is 30.6 Å². The third-order valence-corrected chi connectivity index (χ3v) is 11.4. The lowest BCUT2D eigenvalue weighted by Crippen LogP contribution is -2.54. The molecular formula is C33H51NO5. The molecule has 3 rings (SSSR count). The van der Waals surface area contributed by atoms with Crippen LogP contribution in [-0.2, 0) is 23.9 Å². The van der Waals surface area contributed by atoms with E-state index in [-0.39, 0.29) is 51.2 Å². The zero-order valence-corrected chi connectivity index (χ0v) is 25.8. The van der Waals surface area contributed by atoms with Gasteiger partial charge in [0.05, 0.1) is 18.1 Å².